The molecule has 10 aliphatic carbocycles. The number of hydrogen-bond donors (Lipinski definition) is 4. The molecule has 404 valence electrons. The minimum absolute atomic E-state index is 0.0296. The maximum atomic E-state index is 14.2. The number of ketones is 2. The molecule has 0 aromatic rings. The first-order chi connectivity index (χ1) is 32.8. The molecule has 10 rings (SSSR count). The Balaban J connectivity index is 0.000000179. The lowest BCUT2D eigenvalue weighted by atomic mass is 9.33. The van der Waals surface area contributed by atoms with Gasteiger partial charge < -0.3 is 35.4 Å². The Morgan fingerprint density at radius 2 is 0.778 bits per heavy atom. The third-order valence-corrected chi connectivity index (χ3v) is 26.1. The van der Waals surface area contributed by atoms with Gasteiger partial charge in [0, 0.05) is 11.8 Å². The second-order valence-electron chi connectivity index (χ2n) is 30.1. The smallest absolute Gasteiger partial charge is 0.309 e. The van der Waals surface area contributed by atoms with Crippen molar-refractivity contribution in [3.05, 3.63) is 23.3 Å². The normalized spacial score (nSPS) is 51.4. The predicted octanol–water partition coefficient (Wildman–Crippen LogP) is 10.4. The lowest BCUT2D eigenvalue weighted by Crippen LogP contribution is -2.66. The van der Waals surface area contributed by atoms with Gasteiger partial charge in [-0.3, -0.25) is 19.2 Å². The standard InChI is InChI=1S/2C30H46O4.CH2O3/c2*1-25(2)21-8-11-30(7)23(28(21,5)10-9-22(25)32)20(31)16-18-19-17-27(4,24(33)34)13-12-26(19,3)14-15-29(18,30)6;2-1(3)4/h2*16,19,21-23,32H,8-15,17H2,1-7H3,(H,33,34);(H2,2,3,4)/p-2/t2*19-,21-,22-,23+,26+,27-,28-,29+,30+;/m00./s1. The van der Waals surface area contributed by atoms with E-state index >= 15 is 0 Å². The van der Waals surface area contributed by atoms with Crippen molar-refractivity contribution in [1.29, 1.82) is 0 Å². The van der Waals surface area contributed by atoms with E-state index in [4.69, 9.17) is 15.0 Å². The fourth-order valence-electron chi connectivity index (χ4n) is 20.7. The number of carboxylic acid groups (broad SMARTS) is 4. The summed E-state index contributed by atoms with van der Waals surface area (Å²) in [5.41, 5.74) is 0.283. The third kappa shape index (κ3) is 7.51. The van der Waals surface area contributed by atoms with Crippen LogP contribution in [-0.4, -0.2) is 62.3 Å². The zero-order valence-corrected chi connectivity index (χ0v) is 46.6. The zero-order chi connectivity index (χ0) is 53.8. The van der Waals surface area contributed by atoms with E-state index < -0.39 is 28.9 Å². The van der Waals surface area contributed by atoms with Gasteiger partial charge in [0.1, 0.15) is 0 Å². The first kappa shape index (κ1) is 55.2. The molecule has 11 nitrogen and oxygen atoms in total. The number of carboxylic acids is 2. The SMILES string of the molecule is CC1(C)[C@@H](O)CC[C@]2(C)[C@H]3C(=O)C=C4[C@@H]5C[C@@](C)(C(=O)O)CC[C@]5(C)CC[C@@]4(C)[C@]3(C)CC[C@@H]12.CC1(C)[C@@H](O)CC[C@]2(C)[C@H]3C(=O)C=C4[C@@H]5C[C@@](C)(C(=O)O)CC[C@]5(C)CC[C@@]4(C)[C@]3(C)CC[C@@H]12.O=C([O-])[O-]. The van der Waals surface area contributed by atoms with Crippen LogP contribution in [0.25, 0.3) is 0 Å². The Morgan fingerprint density at radius 1 is 0.472 bits per heavy atom. The molecule has 0 spiro atoms. The Bertz CT molecular complexity index is 2190. The summed E-state index contributed by atoms with van der Waals surface area (Å²) in [6.45, 7) is 31.7. The van der Waals surface area contributed by atoms with Crippen LogP contribution in [0.3, 0.4) is 0 Å². The van der Waals surface area contributed by atoms with Crippen molar-refractivity contribution < 1.29 is 54.6 Å². The van der Waals surface area contributed by atoms with Gasteiger partial charge in [-0.1, -0.05) is 94.2 Å². The Morgan fingerprint density at radius 3 is 1.08 bits per heavy atom. The monoisotopic (exact) mass is 1000 g/mol. The highest BCUT2D eigenvalue weighted by Gasteiger charge is 2.72. The molecule has 11 heteroatoms. The van der Waals surface area contributed by atoms with Crippen LogP contribution in [0.5, 0.6) is 0 Å². The molecule has 72 heavy (non-hydrogen) atoms. The van der Waals surface area contributed by atoms with Gasteiger partial charge in [-0.25, -0.2) is 0 Å². The number of hydrogen-bond acceptors (Lipinski definition) is 9. The summed E-state index contributed by atoms with van der Waals surface area (Å²) in [6.07, 6.45) is 17.6. The largest absolute Gasteiger partial charge is 0.652 e. The minimum Gasteiger partial charge on any atom is -0.652 e. The van der Waals surface area contributed by atoms with Crippen LogP contribution in [0, 0.1) is 100 Å². The Kier molecular flexibility index (Phi) is 13.0. The maximum absolute atomic E-state index is 14.2. The van der Waals surface area contributed by atoms with Crippen LogP contribution in [0.1, 0.15) is 213 Å². The van der Waals surface area contributed by atoms with Crippen molar-refractivity contribution >= 4 is 29.7 Å². The van der Waals surface area contributed by atoms with Crippen LogP contribution in [-0.2, 0) is 19.2 Å². The van der Waals surface area contributed by atoms with Crippen LogP contribution in [0.2, 0.25) is 0 Å². The van der Waals surface area contributed by atoms with Crippen molar-refractivity contribution in [1.82, 2.24) is 0 Å². The number of rotatable bonds is 2. The number of allylic oxidation sites excluding steroid dienone is 4. The van der Waals surface area contributed by atoms with Gasteiger partial charge in [0.25, 0.3) is 0 Å². The fraction of sp³-hybridized carbons (Fsp3) is 0.852. The molecular formula is C61H92O11-2. The summed E-state index contributed by atoms with van der Waals surface area (Å²) in [6, 6.07) is 0. The average molecular weight is 1000 g/mol. The highest BCUT2D eigenvalue weighted by Crippen LogP contribution is 2.77. The van der Waals surface area contributed by atoms with Gasteiger partial charge in [0.05, 0.1) is 23.0 Å². The van der Waals surface area contributed by atoms with Crippen LogP contribution in [0.15, 0.2) is 23.3 Å². The third-order valence-electron chi connectivity index (χ3n) is 26.1. The molecule has 8 fully saturated rings. The van der Waals surface area contributed by atoms with E-state index in [9.17, 15) is 39.6 Å². The predicted molar refractivity (Wildman–Crippen MR) is 272 cm³/mol. The van der Waals surface area contributed by atoms with Gasteiger partial charge in [0.2, 0.25) is 0 Å². The number of aliphatic hydroxyl groups excluding tert-OH is 2. The minimum atomic E-state index is -2.33. The number of carbonyl (C=O) groups is 5. The molecule has 4 N–H and O–H groups in total. The van der Waals surface area contributed by atoms with E-state index in [1.54, 1.807) is 0 Å². The van der Waals surface area contributed by atoms with Crippen LogP contribution in [0.4, 0.5) is 4.79 Å². The van der Waals surface area contributed by atoms with Gasteiger partial charge in [0.15, 0.2) is 11.6 Å². The number of carbonyl (C=O) groups excluding carboxylic acids is 3. The van der Waals surface area contributed by atoms with Crippen LogP contribution < -0.4 is 10.2 Å². The van der Waals surface area contributed by atoms with E-state index in [2.05, 4.69) is 83.1 Å². The highest BCUT2D eigenvalue weighted by atomic mass is 16.6. The number of aliphatic carboxylic acids is 2. The van der Waals surface area contributed by atoms with Gasteiger partial charge >= 0.3 is 11.9 Å². The quantitative estimate of drug-likeness (QED) is 0.204. The summed E-state index contributed by atoms with van der Waals surface area (Å²) in [7, 11) is 0. The average Bonchev–Trinajstić information content (AvgIpc) is 3.26. The van der Waals surface area contributed by atoms with Crippen molar-refractivity contribution in [2.45, 2.75) is 225 Å². The molecule has 0 amide bonds. The van der Waals surface area contributed by atoms with E-state index in [-0.39, 0.29) is 102 Å². The van der Waals surface area contributed by atoms with Crippen molar-refractivity contribution in [3.63, 3.8) is 0 Å². The molecule has 8 saturated carbocycles. The second-order valence-corrected chi connectivity index (χ2v) is 30.1. The van der Waals surface area contributed by atoms with Gasteiger partial charge in [-0.05, 0) is 226 Å². The summed E-state index contributed by atoms with van der Waals surface area (Å²) < 4.78 is 0. The second kappa shape index (κ2) is 17.0. The van der Waals surface area contributed by atoms with E-state index in [1.807, 2.05) is 26.0 Å². The molecule has 0 aliphatic heterocycles. The van der Waals surface area contributed by atoms with Crippen molar-refractivity contribution in [3.8, 4) is 0 Å². The highest BCUT2D eigenvalue weighted by molar-refractivity contribution is 5.96. The fourth-order valence-corrected chi connectivity index (χ4v) is 20.7. The molecule has 0 aromatic carbocycles. The maximum Gasteiger partial charge on any atom is 0.309 e. The first-order valence-electron chi connectivity index (χ1n) is 28.1. The number of aliphatic hydroxyl groups is 2. The summed E-state index contributed by atoms with van der Waals surface area (Å²) in [5.74, 6) is 0.121. The number of fused-ring (bicyclic) bond motifs is 14. The molecule has 0 radical (unpaired) electrons. The van der Waals surface area contributed by atoms with E-state index in [0.29, 0.717) is 24.7 Å². The molecule has 0 bridgehead atoms. The van der Waals surface area contributed by atoms with Crippen molar-refractivity contribution in [2.24, 2.45) is 100 Å². The van der Waals surface area contributed by atoms with Crippen molar-refractivity contribution in [2.75, 3.05) is 0 Å². The molecule has 0 saturated heterocycles. The molecule has 0 heterocycles. The summed E-state index contributed by atoms with van der Waals surface area (Å²) in [5, 5.41) is 58.5. The van der Waals surface area contributed by atoms with Gasteiger partial charge in [-0.15, -0.1) is 0 Å². The first-order valence-corrected chi connectivity index (χ1v) is 28.1. The Hall–Kier alpha value is -3.05. The molecule has 18 atom stereocenters. The molecule has 0 aromatic heterocycles. The van der Waals surface area contributed by atoms with Gasteiger partial charge in [-0.2, -0.15) is 0 Å². The van der Waals surface area contributed by atoms with E-state index in [1.165, 1.54) is 11.1 Å². The molecular weight excluding hydrogens is 909 g/mol. The summed E-state index contributed by atoms with van der Waals surface area (Å²) >= 11 is 0. The Labute approximate surface area is 431 Å². The lowest BCUT2D eigenvalue weighted by molar-refractivity contribution is -0.415. The topological polar surface area (TPSA) is 212 Å². The zero-order valence-electron chi connectivity index (χ0n) is 46.6. The van der Waals surface area contributed by atoms with E-state index in [0.717, 1.165) is 103 Å². The lowest BCUT2D eigenvalue weighted by Gasteiger charge is -2.70. The molecule has 10 aliphatic rings. The summed E-state index contributed by atoms with van der Waals surface area (Å²) in [4.78, 5) is 61.2. The molecule has 0 unspecified atom stereocenters. The van der Waals surface area contributed by atoms with Crippen LogP contribution >= 0.6 is 0 Å².